The van der Waals surface area contributed by atoms with E-state index in [2.05, 4.69) is 27.9 Å². The zero-order valence-corrected chi connectivity index (χ0v) is 6.70. The van der Waals surface area contributed by atoms with E-state index in [1.165, 1.54) is 5.57 Å². The van der Waals surface area contributed by atoms with Crippen LogP contribution in [0.3, 0.4) is 0 Å². The largest absolute Gasteiger partial charge is 0.100 e. The van der Waals surface area contributed by atoms with Gasteiger partial charge in [0.25, 0.3) is 0 Å². The maximum atomic E-state index is 4.68. The third kappa shape index (κ3) is 324. The molecule has 0 heterocycles. The minimum atomic E-state index is 0.694. The molecule has 0 unspecified atom stereocenters. The Morgan fingerprint density at radius 1 is 1.43 bits per heavy atom. The van der Waals surface area contributed by atoms with E-state index < -0.39 is 0 Å². The van der Waals surface area contributed by atoms with Crippen LogP contribution in [0.15, 0.2) is 12.2 Å². The first-order valence-electron chi connectivity index (χ1n) is 1.66. The molecule has 0 aromatic rings. The van der Waals surface area contributed by atoms with Crippen molar-refractivity contribution >= 4 is 31.6 Å². The van der Waals surface area contributed by atoms with E-state index in [4.69, 9.17) is 0 Å². The van der Waals surface area contributed by atoms with Gasteiger partial charge >= 0.3 is 0 Å². The predicted molar refractivity (Wildman–Crippen MR) is 39.8 cm³/mol. The van der Waals surface area contributed by atoms with Gasteiger partial charge in [-0.3, -0.25) is 0 Å². The number of hydrogen-bond donors (Lipinski definition) is 0. The molecular formula is C4H8Cl2S. The van der Waals surface area contributed by atoms with Gasteiger partial charge in [-0.05, 0) is 35.2 Å². The Morgan fingerprint density at radius 3 is 1.43 bits per heavy atom. The average Bonchev–Trinajstić information content (AvgIpc) is 1.33. The fraction of sp³-hybridized carbons (Fsp3) is 0.500. The maximum Gasteiger partial charge on any atom is 0.0523 e. The number of rotatable bonds is 0. The molecule has 0 N–H and O–H groups in total. The van der Waals surface area contributed by atoms with Crippen molar-refractivity contribution < 1.29 is 0 Å². The number of hydrogen-bond acceptors (Lipinski definition) is 1. The summed E-state index contributed by atoms with van der Waals surface area (Å²) in [5, 5.41) is 0. The van der Waals surface area contributed by atoms with E-state index in [1.807, 2.05) is 13.8 Å². The summed E-state index contributed by atoms with van der Waals surface area (Å²) in [6.45, 7) is 7.50. The van der Waals surface area contributed by atoms with E-state index in [-0.39, 0.29) is 0 Å². The quantitative estimate of drug-likeness (QED) is 0.486. The standard InChI is InChI=1S/C4H8.Cl2S/c1-4(2)3;1-3-2/h1H2,2-3H3;. The summed E-state index contributed by atoms with van der Waals surface area (Å²) >= 11 is 0. The van der Waals surface area contributed by atoms with Gasteiger partial charge in [-0.25, -0.2) is 0 Å². The Kier molecular flexibility index (Phi) is 14.9. The van der Waals surface area contributed by atoms with Gasteiger partial charge in [-0.15, -0.1) is 6.58 Å². The molecular weight excluding hydrogens is 151 g/mol. The topological polar surface area (TPSA) is 0 Å². The van der Waals surface area contributed by atoms with Crippen LogP contribution in [0.2, 0.25) is 0 Å². The van der Waals surface area contributed by atoms with Crippen LogP contribution in [0.5, 0.6) is 0 Å². The second-order valence-corrected chi connectivity index (χ2v) is 2.78. The van der Waals surface area contributed by atoms with Gasteiger partial charge in [-0.1, -0.05) is 5.57 Å². The molecule has 0 aliphatic rings. The molecule has 0 atom stereocenters. The highest BCUT2D eigenvalue weighted by Gasteiger charge is 1.51. The molecule has 0 aliphatic carbocycles. The zero-order valence-electron chi connectivity index (χ0n) is 4.37. The lowest BCUT2D eigenvalue weighted by atomic mass is 10.4. The Labute approximate surface area is 57.9 Å². The van der Waals surface area contributed by atoms with Gasteiger partial charge in [0, 0.05) is 0 Å². The summed E-state index contributed by atoms with van der Waals surface area (Å²) in [7, 11) is 10.1. The summed E-state index contributed by atoms with van der Waals surface area (Å²) in [6, 6.07) is 0. The van der Waals surface area contributed by atoms with Crippen molar-refractivity contribution in [1.29, 1.82) is 0 Å². The fourth-order valence-electron chi connectivity index (χ4n) is 0. The molecule has 0 bridgehead atoms. The van der Waals surface area contributed by atoms with E-state index in [9.17, 15) is 0 Å². The zero-order chi connectivity index (χ0) is 6.28. The molecule has 0 fully saturated rings. The molecule has 0 saturated heterocycles. The van der Waals surface area contributed by atoms with Crippen molar-refractivity contribution in [2.45, 2.75) is 13.8 Å². The van der Waals surface area contributed by atoms with E-state index in [0.29, 0.717) is 10.2 Å². The van der Waals surface area contributed by atoms with Crippen LogP contribution in [0.4, 0.5) is 0 Å². The Bertz CT molecular complexity index is 41.0. The molecule has 0 saturated carbocycles. The highest BCUT2D eigenvalue weighted by atomic mass is 36.0. The van der Waals surface area contributed by atoms with Gasteiger partial charge < -0.3 is 0 Å². The monoisotopic (exact) mass is 158 g/mol. The van der Waals surface area contributed by atoms with Crippen molar-refractivity contribution in [3.05, 3.63) is 12.2 Å². The molecule has 0 spiro atoms. The van der Waals surface area contributed by atoms with Crippen LogP contribution in [-0.2, 0) is 0 Å². The molecule has 0 aliphatic heterocycles. The van der Waals surface area contributed by atoms with Crippen LogP contribution in [0.1, 0.15) is 13.8 Å². The SMILES string of the molecule is C=C(C)C.ClSCl. The summed E-state index contributed by atoms with van der Waals surface area (Å²) in [5.41, 5.74) is 1.17. The summed E-state index contributed by atoms with van der Waals surface area (Å²) in [6.07, 6.45) is 0. The van der Waals surface area contributed by atoms with E-state index >= 15 is 0 Å². The molecule has 0 radical (unpaired) electrons. The Morgan fingerprint density at radius 2 is 1.43 bits per heavy atom. The normalized spacial score (nSPS) is 6.29. The molecule has 44 valence electrons. The predicted octanol–water partition coefficient (Wildman–Crippen LogP) is 3.61. The minimum absolute atomic E-state index is 0.694. The van der Waals surface area contributed by atoms with Crippen molar-refractivity contribution in [3.8, 4) is 0 Å². The lowest BCUT2D eigenvalue weighted by Crippen LogP contribution is -1.43. The van der Waals surface area contributed by atoms with Crippen molar-refractivity contribution in [1.82, 2.24) is 0 Å². The first-order chi connectivity index (χ1) is 3.15. The molecule has 0 rings (SSSR count). The molecule has 0 aromatic heterocycles. The lowest BCUT2D eigenvalue weighted by molar-refractivity contribution is 1.42. The van der Waals surface area contributed by atoms with Gasteiger partial charge in [0.1, 0.15) is 0 Å². The van der Waals surface area contributed by atoms with Crippen molar-refractivity contribution in [3.63, 3.8) is 0 Å². The summed E-state index contributed by atoms with van der Waals surface area (Å²) in [4.78, 5) is 0. The van der Waals surface area contributed by atoms with Gasteiger partial charge in [0.2, 0.25) is 0 Å². The molecule has 7 heavy (non-hydrogen) atoms. The number of allylic oxidation sites excluding steroid dienone is 1. The third-order valence-corrected chi connectivity index (χ3v) is 0. The Hall–Kier alpha value is 0.670. The summed E-state index contributed by atoms with van der Waals surface area (Å²) < 4.78 is 0. The van der Waals surface area contributed by atoms with Crippen LogP contribution in [-0.4, -0.2) is 0 Å². The van der Waals surface area contributed by atoms with Crippen LogP contribution < -0.4 is 0 Å². The van der Waals surface area contributed by atoms with Crippen LogP contribution in [0.25, 0.3) is 0 Å². The lowest BCUT2D eigenvalue weighted by Gasteiger charge is -1.65. The van der Waals surface area contributed by atoms with Crippen LogP contribution in [0, 0.1) is 0 Å². The minimum Gasteiger partial charge on any atom is -0.100 e. The third-order valence-electron chi connectivity index (χ3n) is 0. The molecule has 0 nitrogen and oxygen atoms in total. The Balaban J connectivity index is 0. The van der Waals surface area contributed by atoms with Crippen molar-refractivity contribution in [2.75, 3.05) is 0 Å². The summed E-state index contributed by atoms with van der Waals surface area (Å²) in [5.74, 6) is 0. The highest BCUT2D eigenvalue weighted by Crippen LogP contribution is 2.08. The van der Waals surface area contributed by atoms with E-state index in [1.54, 1.807) is 0 Å². The first-order valence-corrected chi connectivity index (χ1v) is 4.13. The highest BCUT2D eigenvalue weighted by molar-refractivity contribution is 8.38. The smallest absolute Gasteiger partial charge is 0.0523 e. The molecule has 0 aromatic carbocycles. The molecule has 0 amide bonds. The molecule has 3 heteroatoms. The first kappa shape index (κ1) is 10.6. The van der Waals surface area contributed by atoms with E-state index in [0.717, 1.165) is 0 Å². The second-order valence-electron chi connectivity index (χ2n) is 1.27. The second kappa shape index (κ2) is 9.83. The van der Waals surface area contributed by atoms with Crippen molar-refractivity contribution in [2.24, 2.45) is 0 Å². The van der Waals surface area contributed by atoms with Gasteiger partial charge in [0.05, 0.1) is 10.2 Å². The van der Waals surface area contributed by atoms with Gasteiger partial charge in [-0.2, -0.15) is 0 Å². The average molecular weight is 159 g/mol. The maximum absolute atomic E-state index is 4.68. The number of halogens is 2. The fourth-order valence-corrected chi connectivity index (χ4v) is 0. The van der Waals surface area contributed by atoms with Gasteiger partial charge in [0.15, 0.2) is 0 Å². The van der Waals surface area contributed by atoms with Crippen LogP contribution >= 0.6 is 31.6 Å².